The Morgan fingerprint density at radius 3 is 2.10 bits per heavy atom. The highest BCUT2D eigenvalue weighted by Gasteiger charge is 2.15. The van der Waals surface area contributed by atoms with Crippen molar-refractivity contribution >= 4 is 28.9 Å². The lowest BCUT2D eigenvalue weighted by molar-refractivity contribution is 0.101. The number of hydrogen-bond donors (Lipinski definition) is 2. The molecule has 0 spiro atoms. The van der Waals surface area contributed by atoms with Gasteiger partial charge >= 0.3 is 0 Å². The number of hydrogen-bond acceptors (Lipinski definition) is 3. The summed E-state index contributed by atoms with van der Waals surface area (Å²) >= 11 is 0. The Morgan fingerprint density at radius 2 is 1.39 bits per heavy atom. The van der Waals surface area contributed by atoms with Crippen LogP contribution < -0.4 is 15.5 Å². The smallest absolute Gasteiger partial charge is 0.255 e. The molecule has 158 valence electrons. The first kappa shape index (κ1) is 20.7. The van der Waals surface area contributed by atoms with Gasteiger partial charge in [-0.15, -0.1) is 0 Å². The second kappa shape index (κ2) is 9.04. The third kappa shape index (κ3) is 4.77. The summed E-state index contributed by atoms with van der Waals surface area (Å²) in [5.74, 6) is -0.401. The van der Waals surface area contributed by atoms with Crippen molar-refractivity contribution < 1.29 is 9.59 Å². The Hall–Kier alpha value is -3.60. The summed E-state index contributed by atoms with van der Waals surface area (Å²) in [7, 11) is 0. The molecule has 0 atom stereocenters. The summed E-state index contributed by atoms with van der Waals surface area (Å²) in [4.78, 5) is 27.8. The van der Waals surface area contributed by atoms with Crippen molar-refractivity contribution in [3.05, 3.63) is 89.0 Å². The quantitative estimate of drug-likeness (QED) is 0.588. The Morgan fingerprint density at radius 1 is 0.710 bits per heavy atom. The van der Waals surface area contributed by atoms with Crippen LogP contribution in [0.2, 0.25) is 0 Å². The molecule has 0 aliphatic carbocycles. The number of carbonyl (C=O) groups excluding carboxylic acids is 2. The monoisotopic (exact) mass is 413 g/mol. The fourth-order valence-corrected chi connectivity index (χ4v) is 3.84. The Labute approximate surface area is 183 Å². The molecule has 31 heavy (non-hydrogen) atoms. The highest BCUT2D eigenvalue weighted by Crippen LogP contribution is 2.26. The lowest BCUT2D eigenvalue weighted by Crippen LogP contribution is -2.18. The molecule has 1 fully saturated rings. The molecule has 2 amide bonds. The van der Waals surface area contributed by atoms with Gasteiger partial charge in [-0.25, -0.2) is 0 Å². The van der Waals surface area contributed by atoms with Gasteiger partial charge in [-0.3, -0.25) is 9.59 Å². The van der Waals surface area contributed by atoms with Crippen LogP contribution in [0.25, 0.3) is 0 Å². The number of rotatable bonds is 5. The van der Waals surface area contributed by atoms with Crippen molar-refractivity contribution in [1.29, 1.82) is 0 Å². The van der Waals surface area contributed by atoms with Gasteiger partial charge in [0.25, 0.3) is 11.8 Å². The van der Waals surface area contributed by atoms with Crippen LogP contribution >= 0.6 is 0 Å². The highest BCUT2D eigenvalue weighted by atomic mass is 16.2. The molecular formula is C26H27N3O2. The molecule has 0 unspecified atom stereocenters. The van der Waals surface area contributed by atoms with E-state index >= 15 is 0 Å². The van der Waals surface area contributed by atoms with Gasteiger partial charge in [-0.05, 0) is 80.3 Å². The second-order valence-electron chi connectivity index (χ2n) is 8.00. The zero-order chi connectivity index (χ0) is 21.8. The summed E-state index contributed by atoms with van der Waals surface area (Å²) in [6.07, 6.45) is 2.46. The van der Waals surface area contributed by atoms with Crippen molar-refractivity contribution in [2.24, 2.45) is 0 Å². The van der Waals surface area contributed by atoms with E-state index in [2.05, 4.69) is 27.7 Å². The fraction of sp³-hybridized carbons (Fsp3) is 0.231. The number of benzene rings is 3. The number of nitrogens with one attached hydrogen (secondary N) is 2. The topological polar surface area (TPSA) is 61.4 Å². The molecule has 1 saturated heterocycles. The number of carbonyl (C=O) groups is 2. The molecule has 0 aromatic heterocycles. The van der Waals surface area contributed by atoms with Gasteiger partial charge in [0, 0.05) is 41.3 Å². The van der Waals surface area contributed by atoms with Crippen molar-refractivity contribution in [3.63, 3.8) is 0 Å². The fourth-order valence-electron chi connectivity index (χ4n) is 3.84. The average molecular weight is 414 g/mol. The van der Waals surface area contributed by atoms with E-state index in [9.17, 15) is 9.59 Å². The summed E-state index contributed by atoms with van der Waals surface area (Å²) in [5.41, 5.74) is 5.62. The molecule has 1 aliphatic heterocycles. The number of nitrogens with zero attached hydrogens (tertiary/aromatic N) is 1. The van der Waals surface area contributed by atoms with E-state index in [1.165, 1.54) is 18.5 Å². The minimum absolute atomic E-state index is 0.199. The Kier molecular flexibility index (Phi) is 6.03. The largest absolute Gasteiger partial charge is 0.372 e. The Bertz CT molecular complexity index is 1100. The molecule has 0 saturated carbocycles. The van der Waals surface area contributed by atoms with E-state index in [4.69, 9.17) is 0 Å². The zero-order valence-electron chi connectivity index (χ0n) is 17.9. The maximum absolute atomic E-state index is 12.9. The minimum atomic E-state index is -0.202. The zero-order valence-corrected chi connectivity index (χ0v) is 17.9. The van der Waals surface area contributed by atoms with Crippen molar-refractivity contribution in [2.75, 3.05) is 28.6 Å². The van der Waals surface area contributed by atoms with Crippen LogP contribution in [0.15, 0.2) is 66.7 Å². The van der Waals surface area contributed by atoms with E-state index in [1.54, 1.807) is 24.3 Å². The molecule has 0 radical (unpaired) electrons. The van der Waals surface area contributed by atoms with Crippen LogP contribution in [0.4, 0.5) is 17.1 Å². The van der Waals surface area contributed by atoms with Crippen LogP contribution in [0, 0.1) is 13.8 Å². The highest BCUT2D eigenvalue weighted by molar-refractivity contribution is 6.08. The molecule has 3 aromatic carbocycles. The molecule has 2 N–H and O–H groups in total. The van der Waals surface area contributed by atoms with Gasteiger partial charge in [0.2, 0.25) is 0 Å². The molecular weight excluding hydrogens is 386 g/mol. The van der Waals surface area contributed by atoms with Crippen LogP contribution in [0.3, 0.4) is 0 Å². The first-order valence-corrected chi connectivity index (χ1v) is 10.7. The molecule has 5 nitrogen and oxygen atoms in total. The van der Waals surface area contributed by atoms with E-state index < -0.39 is 0 Å². The standard InChI is InChI=1S/C26H27N3O2/c1-18-10-11-21(17-24(18)28-25(30)20-8-4-3-5-9-20)26(31)27-23-13-12-22(16-19(23)2)29-14-6-7-15-29/h3-5,8-13,16-17H,6-7,14-15H2,1-2H3,(H,27,31)(H,28,30). The lowest BCUT2D eigenvalue weighted by atomic mass is 10.1. The molecule has 1 heterocycles. The third-order valence-electron chi connectivity index (χ3n) is 5.71. The normalized spacial score (nSPS) is 13.2. The van der Waals surface area contributed by atoms with Gasteiger partial charge in [0.1, 0.15) is 0 Å². The maximum atomic E-state index is 12.9. The lowest BCUT2D eigenvalue weighted by Gasteiger charge is -2.19. The van der Waals surface area contributed by atoms with E-state index in [0.29, 0.717) is 16.8 Å². The van der Waals surface area contributed by atoms with Gasteiger partial charge in [0.05, 0.1) is 0 Å². The summed E-state index contributed by atoms with van der Waals surface area (Å²) < 4.78 is 0. The van der Waals surface area contributed by atoms with Gasteiger partial charge in [-0.2, -0.15) is 0 Å². The minimum Gasteiger partial charge on any atom is -0.372 e. The SMILES string of the molecule is Cc1cc(N2CCCC2)ccc1NC(=O)c1ccc(C)c(NC(=O)c2ccccc2)c1. The third-order valence-corrected chi connectivity index (χ3v) is 5.71. The van der Waals surface area contributed by atoms with Crippen LogP contribution in [0.1, 0.15) is 44.7 Å². The average Bonchev–Trinajstić information content (AvgIpc) is 3.32. The van der Waals surface area contributed by atoms with E-state index in [1.807, 2.05) is 44.2 Å². The number of amides is 2. The van der Waals surface area contributed by atoms with E-state index in [0.717, 1.165) is 29.9 Å². The van der Waals surface area contributed by atoms with Crippen molar-refractivity contribution in [1.82, 2.24) is 0 Å². The van der Waals surface area contributed by atoms with Gasteiger partial charge in [0.15, 0.2) is 0 Å². The molecule has 4 rings (SSSR count). The second-order valence-corrected chi connectivity index (χ2v) is 8.00. The first-order chi connectivity index (χ1) is 15.0. The molecule has 0 bridgehead atoms. The van der Waals surface area contributed by atoms with Crippen LogP contribution in [-0.2, 0) is 0 Å². The number of anilines is 3. The van der Waals surface area contributed by atoms with Crippen LogP contribution in [-0.4, -0.2) is 24.9 Å². The molecule has 3 aromatic rings. The van der Waals surface area contributed by atoms with Gasteiger partial charge in [-0.1, -0.05) is 24.3 Å². The number of aryl methyl sites for hydroxylation is 2. The van der Waals surface area contributed by atoms with Crippen molar-refractivity contribution in [2.45, 2.75) is 26.7 Å². The Balaban J connectivity index is 1.49. The molecule has 1 aliphatic rings. The summed E-state index contributed by atoms with van der Waals surface area (Å²) in [6, 6.07) is 20.5. The first-order valence-electron chi connectivity index (χ1n) is 10.7. The van der Waals surface area contributed by atoms with E-state index in [-0.39, 0.29) is 11.8 Å². The predicted molar refractivity (Wildman–Crippen MR) is 126 cm³/mol. The van der Waals surface area contributed by atoms with Gasteiger partial charge < -0.3 is 15.5 Å². The summed E-state index contributed by atoms with van der Waals surface area (Å²) in [6.45, 7) is 6.09. The van der Waals surface area contributed by atoms with Crippen LogP contribution in [0.5, 0.6) is 0 Å². The molecule has 5 heteroatoms. The van der Waals surface area contributed by atoms with Crippen molar-refractivity contribution in [3.8, 4) is 0 Å². The maximum Gasteiger partial charge on any atom is 0.255 e. The summed E-state index contributed by atoms with van der Waals surface area (Å²) in [5, 5.41) is 5.92. The predicted octanol–water partition coefficient (Wildman–Crippen LogP) is 5.41.